The Kier molecular flexibility index (Phi) is 7.29. The van der Waals surface area contributed by atoms with Gasteiger partial charge in [-0.1, -0.05) is 30.9 Å². The number of thiophene rings is 1. The maximum absolute atomic E-state index is 13.3. The van der Waals surface area contributed by atoms with Crippen molar-refractivity contribution in [1.29, 1.82) is 0 Å². The minimum Gasteiger partial charge on any atom is -0.872 e. The summed E-state index contributed by atoms with van der Waals surface area (Å²) in [6.45, 7) is 3.94. The fourth-order valence-electron chi connectivity index (χ4n) is 3.52. The summed E-state index contributed by atoms with van der Waals surface area (Å²) < 4.78 is 5.57. The molecule has 6 nitrogen and oxygen atoms in total. The van der Waals surface area contributed by atoms with Crippen molar-refractivity contribution in [2.24, 2.45) is 0 Å². The van der Waals surface area contributed by atoms with Crippen molar-refractivity contribution in [3.05, 3.63) is 57.8 Å². The zero-order valence-electron chi connectivity index (χ0n) is 17.6. The summed E-state index contributed by atoms with van der Waals surface area (Å²) in [5.74, 6) is -1.00. The summed E-state index contributed by atoms with van der Waals surface area (Å²) in [4.78, 5) is 29.3. The third-order valence-electron chi connectivity index (χ3n) is 5.01. The zero-order chi connectivity index (χ0) is 21.7. The summed E-state index contributed by atoms with van der Waals surface area (Å²) in [6.07, 6.45) is 1.65. The molecule has 7 heteroatoms. The Hall–Kier alpha value is -2.64. The van der Waals surface area contributed by atoms with Gasteiger partial charge in [0.25, 0.3) is 5.91 Å². The monoisotopic (exact) mass is 428 g/mol. The summed E-state index contributed by atoms with van der Waals surface area (Å²) >= 11 is 1.45. The van der Waals surface area contributed by atoms with Gasteiger partial charge in [-0.2, -0.15) is 0 Å². The standard InChI is InChI=1S/C23H28N2O4S/c1-4-14-29-17-10-8-16(9-11-17)21(26)19-20(18-7-5-15-30-18)25(23(28)22(19)27)13-6-12-24(2)3/h5,7-11,15,20,26H,4,6,12-14H2,1-3H3. The van der Waals surface area contributed by atoms with Gasteiger partial charge in [0.2, 0.25) is 5.78 Å². The molecule has 30 heavy (non-hydrogen) atoms. The predicted molar refractivity (Wildman–Crippen MR) is 115 cm³/mol. The summed E-state index contributed by atoms with van der Waals surface area (Å²) in [7, 11) is 4.09. The third kappa shape index (κ3) is 4.74. The Labute approximate surface area is 181 Å². The van der Waals surface area contributed by atoms with E-state index in [0.717, 1.165) is 24.3 Å². The molecule has 2 heterocycles. The predicted octanol–water partition coefficient (Wildman–Crippen LogP) is 1.30. The van der Waals surface area contributed by atoms with Crippen LogP contribution in [0.25, 0.3) is 5.76 Å². The lowest BCUT2D eigenvalue weighted by atomic mass is 10.00. The highest BCUT2D eigenvalue weighted by atomic mass is 32.1. The maximum Gasteiger partial charge on any atom is 0.295 e. The Morgan fingerprint density at radius 2 is 1.93 bits per heavy atom. The molecule has 1 saturated heterocycles. The molecular formula is C23H28N2O4S. The molecule has 3 rings (SSSR count). The lowest BCUT2D eigenvalue weighted by Gasteiger charge is -2.26. The van der Waals surface area contributed by atoms with Gasteiger partial charge >= 0.3 is 0 Å². The molecule has 1 unspecified atom stereocenters. The minimum absolute atomic E-state index is 0.0434. The largest absolute Gasteiger partial charge is 0.872 e. The van der Waals surface area contributed by atoms with Crippen LogP contribution in [0.2, 0.25) is 0 Å². The van der Waals surface area contributed by atoms with Gasteiger partial charge in [0.05, 0.1) is 33.3 Å². The molecule has 1 fully saturated rings. The fraction of sp³-hybridized carbons (Fsp3) is 0.391. The number of nitrogens with zero attached hydrogens (tertiary/aromatic N) is 1. The molecule has 1 aromatic carbocycles. The number of Topliss-reactive ketones (excluding diaryl/α,β-unsaturated/α-hetero) is 1. The van der Waals surface area contributed by atoms with E-state index in [1.165, 1.54) is 16.2 Å². The van der Waals surface area contributed by atoms with Crippen molar-refractivity contribution in [3.63, 3.8) is 0 Å². The van der Waals surface area contributed by atoms with Crippen LogP contribution in [0.15, 0.2) is 47.4 Å². The van der Waals surface area contributed by atoms with E-state index in [2.05, 4.69) is 0 Å². The first-order chi connectivity index (χ1) is 14.4. The number of hydrogen-bond acceptors (Lipinski definition) is 5. The Bertz CT molecular complexity index is 904. The molecule has 1 aliphatic heterocycles. The van der Waals surface area contributed by atoms with Gasteiger partial charge in [0.1, 0.15) is 5.75 Å². The molecule has 0 radical (unpaired) electrons. The van der Waals surface area contributed by atoms with Crippen LogP contribution in [0.1, 0.15) is 36.2 Å². The van der Waals surface area contributed by atoms with Gasteiger partial charge in [-0.3, -0.25) is 9.59 Å². The molecule has 1 amide bonds. The molecule has 1 aromatic heterocycles. The lowest BCUT2D eigenvalue weighted by molar-refractivity contribution is -0.858. The van der Waals surface area contributed by atoms with Crippen LogP contribution in [-0.4, -0.2) is 50.4 Å². The number of ketones is 1. The highest BCUT2D eigenvalue weighted by Gasteiger charge is 2.44. The normalized spacial score (nSPS) is 18.4. The van der Waals surface area contributed by atoms with Crippen LogP contribution < -0.4 is 14.7 Å². The van der Waals surface area contributed by atoms with Crippen molar-refractivity contribution in [3.8, 4) is 5.75 Å². The molecular weight excluding hydrogens is 400 g/mol. The number of hydrogen-bond donors (Lipinski definition) is 1. The quantitative estimate of drug-likeness (QED) is 0.371. The summed E-state index contributed by atoms with van der Waals surface area (Å²) in [5.41, 5.74) is 0.429. The van der Waals surface area contributed by atoms with Gasteiger partial charge in [-0.05, 0) is 35.6 Å². The molecule has 0 bridgehead atoms. The number of amides is 1. The molecule has 1 aliphatic rings. The van der Waals surface area contributed by atoms with Crippen LogP contribution in [-0.2, 0) is 9.59 Å². The van der Waals surface area contributed by atoms with Gasteiger partial charge < -0.3 is 19.6 Å². The highest BCUT2D eigenvalue weighted by Crippen LogP contribution is 2.40. The molecule has 2 aromatic rings. The van der Waals surface area contributed by atoms with E-state index < -0.39 is 23.5 Å². The fourth-order valence-corrected chi connectivity index (χ4v) is 4.37. The van der Waals surface area contributed by atoms with Crippen molar-refractivity contribution in [2.75, 3.05) is 33.8 Å². The molecule has 160 valence electrons. The topological polar surface area (TPSA) is 74.1 Å². The number of nitrogens with one attached hydrogen (secondary N) is 1. The first kappa shape index (κ1) is 22.1. The van der Waals surface area contributed by atoms with E-state index >= 15 is 0 Å². The van der Waals surface area contributed by atoms with Crippen molar-refractivity contribution >= 4 is 28.8 Å². The number of ether oxygens (including phenoxy) is 1. The molecule has 0 aliphatic carbocycles. The Morgan fingerprint density at radius 1 is 1.20 bits per heavy atom. The molecule has 1 N–H and O–H groups in total. The number of quaternary nitrogens is 1. The average Bonchev–Trinajstić information content (AvgIpc) is 3.34. The number of carbonyl (C=O) groups excluding carboxylic acids is 2. The second-order valence-electron chi connectivity index (χ2n) is 7.67. The van der Waals surface area contributed by atoms with Crippen LogP contribution in [0.4, 0.5) is 0 Å². The van der Waals surface area contributed by atoms with Crippen molar-refractivity contribution < 1.29 is 24.3 Å². The average molecular weight is 429 g/mol. The highest BCUT2D eigenvalue weighted by molar-refractivity contribution is 7.10. The zero-order valence-corrected chi connectivity index (χ0v) is 18.5. The van der Waals surface area contributed by atoms with E-state index in [4.69, 9.17) is 4.74 Å². The van der Waals surface area contributed by atoms with Gasteiger partial charge in [-0.25, -0.2) is 0 Å². The summed E-state index contributed by atoms with van der Waals surface area (Å²) in [6, 6.07) is 9.89. The van der Waals surface area contributed by atoms with Gasteiger partial charge in [0.15, 0.2) is 0 Å². The third-order valence-corrected chi connectivity index (χ3v) is 5.93. The first-order valence-electron chi connectivity index (χ1n) is 10.3. The van der Waals surface area contributed by atoms with Gasteiger partial charge in [0, 0.05) is 23.4 Å². The Balaban J connectivity index is 1.95. The number of benzene rings is 1. The van der Waals surface area contributed by atoms with Gasteiger partial charge in [-0.15, -0.1) is 11.3 Å². The lowest BCUT2D eigenvalue weighted by Crippen LogP contribution is -3.05. The first-order valence-corrected chi connectivity index (χ1v) is 11.1. The van der Waals surface area contributed by atoms with E-state index in [-0.39, 0.29) is 5.57 Å². The second-order valence-corrected chi connectivity index (χ2v) is 8.65. The molecule has 1 atom stereocenters. The SMILES string of the molecule is CCCOc1ccc(C([O-])=C2C(=O)C(=O)N(CCC[NH+](C)C)C2c2cccs2)cc1. The molecule has 0 saturated carbocycles. The van der Waals surface area contributed by atoms with E-state index in [1.54, 1.807) is 29.2 Å². The minimum atomic E-state index is -0.693. The summed E-state index contributed by atoms with van der Waals surface area (Å²) in [5, 5.41) is 15.2. The van der Waals surface area contributed by atoms with Crippen LogP contribution in [0, 0.1) is 0 Å². The molecule has 0 spiro atoms. The van der Waals surface area contributed by atoms with E-state index in [9.17, 15) is 14.7 Å². The Morgan fingerprint density at radius 3 is 2.53 bits per heavy atom. The second kappa shape index (κ2) is 9.91. The van der Waals surface area contributed by atoms with E-state index in [0.29, 0.717) is 24.5 Å². The smallest absolute Gasteiger partial charge is 0.295 e. The van der Waals surface area contributed by atoms with E-state index in [1.807, 2.05) is 38.5 Å². The van der Waals surface area contributed by atoms with Crippen molar-refractivity contribution in [1.82, 2.24) is 4.90 Å². The van der Waals surface area contributed by atoms with Crippen LogP contribution in [0.3, 0.4) is 0 Å². The van der Waals surface area contributed by atoms with Crippen LogP contribution in [0.5, 0.6) is 5.75 Å². The number of likely N-dealkylation sites (tertiary alicyclic amines) is 1. The number of carbonyl (C=O) groups is 2. The maximum atomic E-state index is 13.3. The van der Waals surface area contributed by atoms with Crippen molar-refractivity contribution in [2.45, 2.75) is 25.8 Å². The number of rotatable bonds is 9. The van der Waals surface area contributed by atoms with Crippen LogP contribution >= 0.6 is 11.3 Å².